The van der Waals surface area contributed by atoms with Crippen LogP contribution in [0.5, 0.6) is 0 Å². The first-order valence-corrected chi connectivity index (χ1v) is 7.13. The van der Waals surface area contributed by atoms with Gasteiger partial charge in [-0.05, 0) is 42.0 Å². The normalized spacial score (nSPS) is 10.6. The third kappa shape index (κ3) is 5.23. The fourth-order valence-electron chi connectivity index (χ4n) is 1.85. The molecule has 2 rings (SSSR count). The van der Waals surface area contributed by atoms with E-state index < -0.39 is 5.82 Å². The molecule has 0 atom stereocenters. The topological polar surface area (TPSA) is 58.2 Å². The highest BCUT2D eigenvalue weighted by Crippen LogP contribution is 2.17. The van der Waals surface area contributed by atoms with Crippen molar-refractivity contribution in [3.63, 3.8) is 0 Å². The molecule has 0 fully saturated rings. The van der Waals surface area contributed by atoms with Gasteiger partial charge in [-0.2, -0.15) is 0 Å². The van der Waals surface area contributed by atoms with Gasteiger partial charge in [0.2, 0.25) is 11.8 Å². The molecule has 0 heterocycles. The van der Waals surface area contributed by atoms with E-state index in [1.807, 2.05) is 0 Å². The lowest BCUT2D eigenvalue weighted by atomic mass is 10.2. The fourth-order valence-corrected chi connectivity index (χ4v) is 2.04. The minimum absolute atomic E-state index is 0.00411. The zero-order chi connectivity index (χ0) is 16.8. The van der Waals surface area contributed by atoms with Gasteiger partial charge in [0, 0.05) is 24.4 Å². The van der Waals surface area contributed by atoms with Crippen molar-refractivity contribution < 1.29 is 14.0 Å². The maximum atomic E-state index is 13.0. The van der Waals surface area contributed by atoms with Gasteiger partial charge < -0.3 is 10.6 Å². The van der Waals surface area contributed by atoms with Crippen LogP contribution in [0.2, 0.25) is 5.02 Å². The Kier molecular flexibility index (Phi) is 5.49. The second kappa shape index (κ2) is 7.56. The van der Waals surface area contributed by atoms with Gasteiger partial charge in [0.15, 0.2) is 0 Å². The van der Waals surface area contributed by atoms with Gasteiger partial charge in [-0.1, -0.05) is 23.7 Å². The van der Waals surface area contributed by atoms with E-state index in [1.54, 1.807) is 24.3 Å². The molecule has 2 aromatic carbocycles. The zero-order valence-corrected chi connectivity index (χ0v) is 13.0. The molecule has 2 amide bonds. The summed E-state index contributed by atoms with van der Waals surface area (Å²) in [5, 5.41) is 5.29. The third-order valence-electron chi connectivity index (χ3n) is 2.82. The molecule has 0 unspecified atom stereocenters. The Morgan fingerprint density at radius 3 is 2.43 bits per heavy atom. The quantitative estimate of drug-likeness (QED) is 0.828. The van der Waals surface area contributed by atoms with Crippen molar-refractivity contribution in [2.24, 2.45) is 0 Å². The van der Waals surface area contributed by atoms with E-state index in [0.29, 0.717) is 16.9 Å². The van der Waals surface area contributed by atoms with Crippen molar-refractivity contribution in [2.75, 3.05) is 10.6 Å². The predicted octanol–water partition coefficient (Wildman–Crippen LogP) is 4.09. The molecule has 4 nitrogen and oxygen atoms in total. The monoisotopic (exact) mass is 332 g/mol. The number of anilines is 2. The first kappa shape index (κ1) is 16.7. The SMILES string of the molecule is CC(=O)Nc1cccc(NC(=O)C=Cc2ccc(F)c(Cl)c2)c1. The average molecular weight is 333 g/mol. The van der Waals surface area contributed by atoms with Gasteiger partial charge >= 0.3 is 0 Å². The second-order valence-electron chi connectivity index (χ2n) is 4.76. The van der Waals surface area contributed by atoms with Crippen LogP contribution in [-0.2, 0) is 9.59 Å². The van der Waals surface area contributed by atoms with E-state index in [-0.39, 0.29) is 16.8 Å². The number of halogens is 2. The van der Waals surface area contributed by atoms with Gasteiger partial charge in [0.25, 0.3) is 0 Å². The maximum Gasteiger partial charge on any atom is 0.248 e. The second-order valence-corrected chi connectivity index (χ2v) is 5.17. The van der Waals surface area contributed by atoms with Crippen molar-refractivity contribution in [3.05, 3.63) is 64.9 Å². The number of amides is 2. The van der Waals surface area contributed by atoms with E-state index in [2.05, 4.69) is 10.6 Å². The number of carbonyl (C=O) groups excluding carboxylic acids is 2. The number of benzene rings is 2. The van der Waals surface area contributed by atoms with Gasteiger partial charge in [0.05, 0.1) is 5.02 Å². The molecule has 118 valence electrons. The molecule has 0 aromatic heterocycles. The maximum absolute atomic E-state index is 13.0. The van der Waals surface area contributed by atoms with Crippen LogP contribution in [0.25, 0.3) is 6.08 Å². The Labute approximate surface area is 138 Å². The highest BCUT2D eigenvalue weighted by Gasteiger charge is 2.02. The van der Waals surface area contributed by atoms with Gasteiger partial charge in [-0.3, -0.25) is 9.59 Å². The number of hydrogen-bond donors (Lipinski definition) is 2. The van der Waals surface area contributed by atoms with Gasteiger partial charge in [-0.25, -0.2) is 4.39 Å². The predicted molar refractivity (Wildman–Crippen MR) is 89.8 cm³/mol. The molecule has 0 aliphatic carbocycles. The van der Waals surface area contributed by atoms with Crippen LogP contribution in [0, 0.1) is 5.82 Å². The molecule has 0 bridgehead atoms. The Hall–Kier alpha value is -2.66. The number of nitrogens with one attached hydrogen (secondary N) is 2. The minimum atomic E-state index is -0.511. The van der Waals surface area contributed by atoms with Crippen molar-refractivity contribution in [1.82, 2.24) is 0 Å². The number of hydrogen-bond acceptors (Lipinski definition) is 2. The fraction of sp³-hybridized carbons (Fsp3) is 0.0588. The number of rotatable bonds is 4. The lowest BCUT2D eigenvalue weighted by Gasteiger charge is -2.06. The molecule has 0 saturated carbocycles. The van der Waals surface area contributed by atoms with Crippen LogP contribution in [0.1, 0.15) is 12.5 Å². The van der Waals surface area contributed by atoms with Crippen LogP contribution in [0.15, 0.2) is 48.5 Å². The summed E-state index contributed by atoms with van der Waals surface area (Å²) in [5.41, 5.74) is 1.74. The molecule has 0 radical (unpaired) electrons. The van der Waals surface area contributed by atoms with Gasteiger partial charge in [0.1, 0.15) is 5.82 Å². The molecule has 0 aliphatic rings. The Bertz CT molecular complexity index is 775. The molecule has 0 spiro atoms. The molecule has 23 heavy (non-hydrogen) atoms. The molecule has 0 aliphatic heterocycles. The minimum Gasteiger partial charge on any atom is -0.326 e. The van der Waals surface area contributed by atoms with E-state index in [0.717, 1.165) is 0 Å². The van der Waals surface area contributed by atoms with Crippen LogP contribution in [0.4, 0.5) is 15.8 Å². The summed E-state index contributed by atoms with van der Waals surface area (Å²) in [6.45, 7) is 1.40. The first-order valence-electron chi connectivity index (χ1n) is 6.76. The van der Waals surface area contributed by atoms with Crippen LogP contribution < -0.4 is 10.6 Å². The Morgan fingerprint density at radius 1 is 1.09 bits per heavy atom. The molecular formula is C17H14ClFN2O2. The summed E-state index contributed by atoms with van der Waals surface area (Å²) >= 11 is 5.67. The molecular weight excluding hydrogens is 319 g/mol. The van der Waals surface area contributed by atoms with Crippen molar-refractivity contribution in [3.8, 4) is 0 Å². The molecule has 2 aromatic rings. The number of carbonyl (C=O) groups is 2. The summed E-state index contributed by atoms with van der Waals surface area (Å²) < 4.78 is 13.0. The van der Waals surface area contributed by atoms with E-state index in [4.69, 9.17) is 11.6 Å². The smallest absolute Gasteiger partial charge is 0.248 e. The highest BCUT2D eigenvalue weighted by molar-refractivity contribution is 6.30. The summed E-state index contributed by atoms with van der Waals surface area (Å²) in [7, 11) is 0. The average Bonchev–Trinajstić information content (AvgIpc) is 2.48. The molecule has 0 saturated heterocycles. The van der Waals surface area contributed by atoms with Crippen molar-refractivity contribution in [1.29, 1.82) is 0 Å². The summed E-state index contributed by atoms with van der Waals surface area (Å²) in [6, 6.07) is 10.9. The van der Waals surface area contributed by atoms with Gasteiger partial charge in [-0.15, -0.1) is 0 Å². The van der Waals surface area contributed by atoms with Crippen molar-refractivity contribution in [2.45, 2.75) is 6.92 Å². The van der Waals surface area contributed by atoms with E-state index >= 15 is 0 Å². The summed E-state index contributed by atoms with van der Waals surface area (Å²) in [5.74, 6) is -1.06. The highest BCUT2D eigenvalue weighted by atomic mass is 35.5. The Morgan fingerprint density at radius 2 is 1.78 bits per heavy atom. The van der Waals surface area contributed by atoms with Crippen LogP contribution in [0.3, 0.4) is 0 Å². The van der Waals surface area contributed by atoms with Crippen LogP contribution in [-0.4, -0.2) is 11.8 Å². The first-order chi connectivity index (χ1) is 10.9. The lowest BCUT2D eigenvalue weighted by Crippen LogP contribution is -2.09. The summed E-state index contributed by atoms with van der Waals surface area (Å²) in [4.78, 5) is 22.9. The molecule has 6 heteroatoms. The largest absolute Gasteiger partial charge is 0.326 e. The van der Waals surface area contributed by atoms with E-state index in [1.165, 1.54) is 37.3 Å². The lowest BCUT2D eigenvalue weighted by molar-refractivity contribution is -0.114. The zero-order valence-electron chi connectivity index (χ0n) is 12.3. The van der Waals surface area contributed by atoms with Crippen LogP contribution >= 0.6 is 11.6 Å². The van der Waals surface area contributed by atoms with E-state index in [9.17, 15) is 14.0 Å². The Balaban J connectivity index is 2.02. The summed E-state index contributed by atoms with van der Waals surface area (Å²) in [6.07, 6.45) is 2.84. The standard InChI is InChI=1S/C17H14ClFN2O2/c1-11(22)20-13-3-2-4-14(10-13)21-17(23)8-6-12-5-7-16(19)15(18)9-12/h2-10H,1H3,(H,20,22)(H,21,23). The third-order valence-corrected chi connectivity index (χ3v) is 3.11. The van der Waals surface area contributed by atoms with Crippen molar-refractivity contribution >= 4 is 40.9 Å². The molecule has 2 N–H and O–H groups in total.